The second-order valence-electron chi connectivity index (χ2n) is 5.45. The first kappa shape index (κ1) is 12.9. The molecule has 0 spiro atoms. The van der Waals surface area contributed by atoms with Crippen molar-refractivity contribution < 1.29 is 9.60 Å². The summed E-state index contributed by atoms with van der Waals surface area (Å²) in [5.74, 6) is -0.236. The van der Waals surface area contributed by atoms with Gasteiger partial charge in [-0.05, 0) is 43.2 Å². The highest BCUT2D eigenvalue weighted by molar-refractivity contribution is 5.88. The van der Waals surface area contributed by atoms with Crippen molar-refractivity contribution >= 4 is 17.1 Å². The number of aromatic nitrogens is 3. The summed E-state index contributed by atoms with van der Waals surface area (Å²) in [4.78, 5) is 0. The average molecular weight is 296 g/mol. The number of nitrogens with zero attached hydrogens (tertiary/aromatic N) is 4. The van der Waals surface area contributed by atoms with Gasteiger partial charge in [0.05, 0.1) is 23.6 Å². The van der Waals surface area contributed by atoms with E-state index in [0.29, 0.717) is 11.7 Å². The van der Waals surface area contributed by atoms with E-state index < -0.39 is 0 Å². The summed E-state index contributed by atoms with van der Waals surface area (Å²) < 4.78 is 15.8. The molecule has 1 aliphatic rings. The van der Waals surface area contributed by atoms with Crippen LogP contribution in [0.1, 0.15) is 24.6 Å². The number of oxime groups is 1. The zero-order valence-corrected chi connectivity index (χ0v) is 11.6. The van der Waals surface area contributed by atoms with E-state index in [9.17, 15) is 4.39 Å². The van der Waals surface area contributed by atoms with Gasteiger partial charge >= 0.3 is 0 Å². The molecular formula is C16H13FN4O. The highest BCUT2D eigenvalue weighted by atomic mass is 19.1. The Morgan fingerprint density at radius 3 is 2.91 bits per heavy atom. The Hall–Kier alpha value is -2.76. The van der Waals surface area contributed by atoms with Gasteiger partial charge in [-0.3, -0.25) is 0 Å². The van der Waals surface area contributed by atoms with Gasteiger partial charge in [0.2, 0.25) is 0 Å². The summed E-state index contributed by atoms with van der Waals surface area (Å²) in [6.07, 6.45) is 5.09. The maximum atomic E-state index is 13.6. The van der Waals surface area contributed by atoms with E-state index >= 15 is 0 Å². The van der Waals surface area contributed by atoms with Crippen molar-refractivity contribution in [1.82, 2.24) is 14.8 Å². The molecule has 1 aliphatic carbocycles. The molecular weight excluding hydrogens is 283 g/mol. The van der Waals surface area contributed by atoms with Crippen LogP contribution in [-0.4, -0.2) is 26.2 Å². The number of halogens is 1. The van der Waals surface area contributed by atoms with E-state index in [2.05, 4.69) is 19.9 Å². The smallest absolute Gasteiger partial charge is 0.125 e. The van der Waals surface area contributed by atoms with Crippen LogP contribution in [0.5, 0.6) is 0 Å². The molecule has 2 aromatic heterocycles. The Morgan fingerprint density at radius 2 is 2.14 bits per heavy atom. The highest BCUT2D eigenvalue weighted by Crippen LogP contribution is 2.42. The molecule has 0 atom stereocenters. The monoisotopic (exact) mass is 296 g/mol. The fraction of sp³-hybridized carbons (Fsp3) is 0.188. The van der Waals surface area contributed by atoms with Crippen LogP contribution >= 0.6 is 0 Å². The van der Waals surface area contributed by atoms with E-state index in [-0.39, 0.29) is 5.82 Å². The number of benzene rings is 1. The van der Waals surface area contributed by atoms with Crippen LogP contribution in [0, 0.1) is 5.82 Å². The summed E-state index contributed by atoms with van der Waals surface area (Å²) >= 11 is 0. The van der Waals surface area contributed by atoms with Gasteiger partial charge in [0.1, 0.15) is 11.5 Å². The molecule has 1 N–H and O–H groups in total. The summed E-state index contributed by atoms with van der Waals surface area (Å²) in [7, 11) is 0. The lowest BCUT2D eigenvalue weighted by Crippen LogP contribution is -1.99. The lowest BCUT2D eigenvalue weighted by atomic mass is 10.2. The molecule has 0 unspecified atom stereocenters. The third kappa shape index (κ3) is 2.13. The molecule has 110 valence electrons. The van der Waals surface area contributed by atoms with Gasteiger partial charge in [0.15, 0.2) is 0 Å². The maximum Gasteiger partial charge on any atom is 0.125 e. The molecule has 0 radical (unpaired) electrons. The fourth-order valence-corrected chi connectivity index (χ4v) is 2.79. The van der Waals surface area contributed by atoms with Crippen LogP contribution < -0.4 is 0 Å². The van der Waals surface area contributed by atoms with Crippen molar-refractivity contribution in [3.05, 3.63) is 48.0 Å². The first-order valence-corrected chi connectivity index (χ1v) is 7.07. The minimum Gasteiger partial charge on any atom is -0.411 e. The van der Waals surface area contributed by atoms with E-state index in [4.69, 9.17) is 5.21 Å². The minimum atomic E-state index is -0.236. The molecule has 22 heavy (non-hydrogen) atoms. The Bertz CT molecular complexity index is 883. The largest absolute Gasteiger partial charge is 0.411 e. The minimum absolute atomic E-state index is 0.236. The Balaban J connectivity index is 1.94. The first-order chi connectivity index (χ1) is 10.8. The van der Waals surface area contributed by atoms with Crippen LogP contribution in [0.4, 0.5) is 4.39 Å². The molecule has 6 heteroatoms. The van der Waals surface area contributed by atoms with Crippen molar-refractivity contribution in [1.29, 1.82) is 0 Å². The van der Waals surface area contributed by atoms with Crippen molar-refractivity contribution in [2.75, 3.05) is 0 Å². The van der Waals surface area contributed by atoms with Crippen LogP contribution in [0.3, 0.4) is 0 Å². The molecule has 3 aromatic rings. The summed E-state index contributed by atoms with van der Waals surface area (Å²) in [6.45, 7) is 0. The maximum absolute atomic E-state index is 13.6. The number of hydrogen-bond acceptors (Lipinski definition) is 4. The summed E-state index contributed by atoms with van der Waals surface area (Å²) in [5.41, 5.74) is 3.21. The van der Waals surface area contributed by atoms with Crippen molar-refractivity contribution in [2.45, 2.75) is 18.9 Å². The van der Waals surface area contributed by atoms with Crippen molar-refractivity contribution in [2.24, 2.45) is 5.16 Å². The number of fused-ring (bicyclic) bond motifs is 1. The molecule has 1 saturated carbocycles. The molecule has 0 saturated heterocycles. The third-order valence-electron chi connectivity index (χ3n) is 3.87. The van der Waals surface area contributed by atoms with Crippen molar-refractivity contribution in [3.63, 3.8) is 0 Å². The molecule has 0 aliphatic heterocycles. The topological polar surface area (TPSA) is 63.3 Å². The lowest BCUT2D eigenvalue weighted by Gasteiger charge is -2.09. The quantitative estimate of drug-likeness (QED) is 0.458. The van der Waals surface area contributed by atoms with Crippen LogP contribution in [0.25, 0.3) is 22.2 Å². The SMILES string of the molecule is O/N=C/c1cc(-c2cc3ccc(F)cc3n2C2CC2)cnn1. The Morgan fingerprint density at radius 1 is 1.27 bits per heavy atom. The predicted octanol–water partition coefficient (Wildman–Crippen LogP) is 3.38. The van der Waals surface area contributed by atoms with E-state index in [1.807, 2.05) is 6.07 Å². The van der Waals surface area contributed by atoms with Gasteiger partial charge in [0, 0.05) is 17.0 Å². The van der Waals surface area contributed by atoms with Crippen LogP contribution in [0.15, 0.2) is 41.7 Å². The number of hydrogen-bond donors (Lipinski definition) is 1. The molecule has 1 fully saturated rings. The average Bonchev–Trinajstić information content (AvgIpc) is 3.28. The number of rotatable bonds is 3. The molecule has 4 rings (SSSR count). The van der Waals surface area contributed by atoms with E-state index in [1.165, 1.54) is 12.3 Å². The van der Waals surface area contributed by atoms with Crippen LogP contribution in [0.2, 0.25) is 0 Å². The Labute approximate surface area is 125 Å². The van der Waals surface area contributed by atoms with Gasteiger partial charge < -0.3 is 9.77 Å². The van der Waals surface area contributed by atoms with Gasteiger partial charge in [-0.25, -0.2) is 4.39 Å². The molecule has 5 nitrogen and oxygen atoms in total. The Kier molecular flexibility index (Phi) is 2.89. The molecule has 2 heterocycles. The normalized spacial score (nSPS) is 15.0. The predicted molar refractivity (Wildman–Crippen MR) is 80.6 cm³/mol. The van der Waals surface area contributed by atoms with E-state index in [0.717, 1.165) is 35.0 Å². The van der Waals surface area contributed by atoms with Gasteiger partial charge in [-0.15, -0.1) is 5.10 Å². The molecule has 1 aromatic carbocycles. The van der Waals surface area contributed by atoms with Gasteiger partial charge in [0.25, 0.3) is 0 Å². The molecule has 0 amide bonds. The highest BCUT2D eigenvalue weighted by Gasteiger charge is 2.28. The van der Waals surface area contributed by atoms with Crippen molar-refractivity contribution in [3.8, 4) is 11.3 Å². The second kappa shape index (κ2) is 4.91. The first-order valence-electron chi connectivity index (χ1n) is 7.07. The third-order valence-corrected chi connectivity index (χ3v) is 3.87. The zero-order valence-electron chi connectivity index (χ0n) is 11.6. The lowest BCUT2D eigenvalue weighted by molar-refractivity contribution is 0.321. The van der Waals surface area contributed by atoms with Gasteiger partial charge in [-0.1, -0.05) is 5.16 Å². The van der Waals surface area contributed by atoms with E-state index in [1.54, 1.807) is 24.4 Å². The summed E-state index contributed by atoms with van der Waals surface area (Å²) in [6, 6.07) is 9.06. The molecule has 0 bridgehead atoms. The summed E-state index contributed by atoms with van der Waals surface area (Å²) in [5, 5.41) is 20.4. The zero-order chi connectivity index (χ0) is 15.1. The standard InChI is InChI=1S/C16H13FN4O/c17-12-2-1-10-6-15(21(14-3-4-14)16(10)7-12)11-5-13(9-19-22)20-18-8-11/h1-2,5-9,14,22H,3-4H2/b19-9+. The van der Waals surface area contributed by atoms with Gasteiger partial charge in [-0.2, -0.15) is 5.10 Å². The fourth-order valence-electron chi connectivity index (χ4n) is 2.79. The second-order valence-corrected chi connectivity index (χ2v) is 5.45. The van der Waals surface area contributed by atoms with Crippen LogP contribution in [-0.2, 0) is 0 Å².